The van der Waals surface area contributed by atoms with Crippen LogP contribution in [-0.2, 0) is 0 Å². The van der Waals surface area contributed by atoms with E-state index in [9.17, 15) is 0 Å². The summed E-state index contributed by atoms with van der Waals surface area (Å²) in [6.45, 7) is 12.3. The minimum atomic E-state index is -0.246. The first kappa shape index (κ1) is 12.4. The molecule has 0 amide bonds. The van der Waals surface area contributed by atoms with Crippen LogP contribution in [0, 0.1) is 22.2 Å². The zero-order chi connectivity index (χ0) is 10.5. The maximum absolute atomic E-state index is 8.79. The Kier molecular flexibility index (Phi) is 4.43. The van der Waals surface area contributed by atoms with Gasteiger partial charge >= 0.3 is 0 Å². The van der Waals surface area contributed by atoms with E-state index in [4.69, 9.17) is 5.26 Å². The number of nitrogens with one attached hydrogen (secondary N) is 1. The summed E-state index contributed by atoms with van der Waals surface area (Å²) in [5, 5.41) is 12.1. The standard InChI is InChI=1S/C11H22N2/c1-6-10(2,3)8-13-9-11(4,5)7-12/h13H,6,8-9H2,1-5H3. The fourth-order valence-corrected chi connectivity index (χ4v) is 0.878. The van der Waals surface area contributed by atoms with Gasteiger partial charge in [-0.1, -0.05) is 20.8 Å². The van der Waals surface area contributed by atoms with Crippen LogP contribution in [0.1, 0.15) is 41.0 Å². The van der Waals surface area contributed by atoms with Crippen LogP contribution in [0.3, 0.4) is 0 Å². The summed E-state index contributed by atoms with van der Waals surface area (Å²) in [5.74, 6) is 0. The number of nitrogens with zero attached hydrogens (tertiary/aromatic N) is 1. The van der Waals surface area contributed by atoms with Crippen molar-refractivity contribution in [3.63, 3.8) is 0 Å². The summed E-state index contributed by atoms with van der Waals surface area (Å²) < 4.78 is 0. The average molecular weight is 182 g/mol. The molecular weight excluding hydrogens is 160 g/mol. The fraction of sp³-hybridized carbons (Fsp3) is 0.909. The maximum atomic E-state index is 8.79. The molecule has 0 radical (unpaired) electrons. The normalized spacial score (nSPS) is 12.6. The summed E-state index contributed by atoms with van der Waals surface area (Å²) >= 11 is 0. The van der Waals surface area contributed by atoms with E-state index in [1.54, 1.807) is 0 Å². The monoisotopic (exact) mass is 182 g/mol. The topological polar surface area (TPSA) is 35.8 Å². The van der Waals surface area contributed by atoms with E-state index in [-0.39, 0.29) is 5.41 Å². The fourth-order valence-electron chi connectivity index (χ4n) is 0.878. The Morgan fingerprint density at radius 2 is 1.69 bits per heavy atom. The zero-order valence-corrected chi connectivity index (χ0v) is 9.57. The van der Waals surface area contributed by atoms with Gasteiger partial charge in [0.1, 0.15) is 0 Å². The van der Waals surface area contributed by atoms with Gasteiger partial charge in [0.05, 0.1) is 11.5 Å². The summed E-state index contributed by atoms with van der Waals surface area (Å²) in [4.78, 5) is 0. The van der Waals surface area contributed by atoms with Crippen LogP contribution in [0.25, 0.3) is 0 Å². The van der Waals surface area contributed by atoms with Gasteiger partial charge in [0.25, 0.3) is 0 Å². The average Bonchev–Trinajstić information content (AvgIpc) is 2.04. The second kappa shape index (κ2) is 4.62. The molecule has 2 nitrogen and oxygen atoms in total. The van der Waals surface area contributed by atoms with Gasteiger partial charge in [0.2, 0.25) is 0 Å². The predicted octanol–water partition coefficient (Wildman–Crippen LogP) is 2.56. The number of nitriles is 1. The van der Waals surface area contributed by atoms with Gasteiger partial charge in [-0.15, -0.1) is 0 Å². The lowest BCUT2D eigenvalue weighted by molar-refractivity contribution is 0.308. The van der Waals surface area contributed by atoms with Crippen LogP contribution < -0.4 is 5.32 Å². The Balaban J connectivity index is 3.76. The number of hydrogen-bond donors (Lipinski definition) is 1. The highest BCUT2D eigenvalue weighted by Gasteiger charge is 2.19. The van der Waals surface area contributed by atoms with Crippen LogP contribution >= 0.6 is 0 Å². The van der Waals surface area contributed by atoms with Crippen LogP contribution in [0.4, 0.5) is 0 Å². The van der Waals surface area contributed by atoms with Crippen LogP contribution in [0.15, 0.2) is 0 Å². The Labute approximate surface area is 82.3 Å². The van der Waals surface area contributed by atoms with Crippen LogP contribution in [-0.4, -0.2) is 13.1 Å². The van der Waals surface area contributed by atoms with Crippen molar-refractivity contribution in [2.45, 2.75) is 41.0 Å². The Morgan fingerprint density at radius 3 is 2.08 bits per heavy atom. The SMILES string of the molecule is CCC(C)(C)CNCC(C)(C)C#N. The predicted molar refractivity (Wildman–Crippen MR) is 56.3 cm³/mol. The molecule has 1 N–H and O–H groups in total. The molecule has 0 rings (SSSR count). The first-order chi connectivity index (χ1) is 5.83. The summed E-state index contributed by atoms with van der Waals surface area (Å²) in [5.41, 5.74) is 0.0926. The lowest BCUT2D eigenvalue weighted by atomic mass is 9.89. The minimum absolute atomic E-state index is 0.246. The van der Waals surface area contributed by atoms with E-state index < -0.39 is 0 Å². The van der Waals surface area contributed by atoms with Gasteiger partial charge in [0.15, 0.2) is 0 Å². The van der Waals surface area contributed by atoms with E-state index >= 15 is 0 Å². The maximum Gasteiger partial charge on any atom is 0.0697 e. The highest BCUT2D eigenvalue weighted by atomic mass is 14.9. The van der Waals surface area contributed by atoms with Gasteiger partial charge in [-0.2, -0.15) is 5.26 Å². The van der Waals surface area contributed by atoms with E-state index in [0.717, 1.165) is 19.5 Å². The lowest BCUT2D eigenvalue weighted by Crippen LogP contribution is -2.35. The largest absolute Gasteiger partial charge is 0.315 e. The Hall–Kier alpha value is -0.550. The minimum Gasteiger partial charge on any atom is -0.315 e. The lowest BCUT2D eigenvalue weighted by Gasteiger charge is -2.25. The van der Waals surface area contributed by atoms with Gasteiger partial charge in [-0.05, 0) is 25.7 Å². The molecule has 0 fully saturated rings. The van der Waals surface area contributed by atoms with Crippen LogP contribution in [0.5, 0.6) is 0 Å². The molecule has 0 aliphatic carbocycles. The van der Waals surface area contributed by atoms with E-state index in [1.165, 1.54) is 0 Å². The van der Waals surface area contributed by atoms with Gasteiger partial charge in [-0.3, -0.25) is 0 Å². The van der Waals surface area contributed by atoms with Crippen molar-refractivity contribution in [2.75, 3.05) is 13.1 Å². The summed E-state index contributed by atoms with van der Waals surface area (Å²) in [6, 6.07) is 2.28. The molecule has 76 valence electrons. The molecule has 0 bridgehead atoms. The highest BCUT2D eigenvalue weighted by molar-refractivity contribution is 4.93. The Bertz CT molecular complexity index is 187. The number of rotatable bonds is 5. The molecule has 0 aliphatic heterocycles. The van der Waals surface area contributed by atoms with E-state index in [0.29, 0.717) is 5.41 Å². The molecular formula is C11H22N2. The van der Waals surface area contributed by atoms with Gasteiger partial charge in [-0.25, -0.2) is 0 Å². The second-order valence-corrected chi connectivity index (χ2v) is 5.12. The molecule has 13 heavy (non-hydrogen) atoms. The second-order valence-electron chi connectivity index (χ2n) is 5.12. The van der Waals surface area contributed by atoms with Crippen molar-refractivity contribution in [1.82, 2.24) is 5.32 Å². The molecule has 0 aromatic rings. The molecule has 0 heterocycles. The molecule has 0 unspecified atom stereocenters. The smallest absolute Gasteiger partial charge is 0.0697 e. The Morgan fingerprint density at radius 1 is 1.15 bits per heavy atom. The first-order valence-corrected chi connectivity index (χ1v) is 4.95. The molecule has 0 saturated carbocycles. The number of hydrogen-bond acceptors (Lipinski definition) is 2. The van der Waals surface area contributed by atoms with Crippen molar-refractivity contribution in [3.05, 3.63) is 0 Å². The first-order valence-electron chi connectivity index (χ1n) is 4.95. The molecule has 0 atom stereocenters. The molecule has 0 aromatic heterocycles. The van der Waals surface area contributed by atoms with Crippen molar-refractivity contribution < 1.29 is 0 Å². The molecule has 0 aliphatic rings. The molecule has 0 aromatic carbocycles. The van der Waals surface area contributed by atoms with Crippen molar-refractivity contribution in [2.24, 2.45) is 10.8 Å². The quantitative estimate of drug-likeness (QED) is 0.709. The summed E-state index contributed by atoms with van der Waals surface area (Å²) in [7, 11) is 0. The third-order valence-corrected chi connectivity index (χ3v) is 2.43. The third kappa shape index (κ3) is 5.65. The van der Waals surface area contributed by atoms with Gasteiger partial charge in [0, 0.05) is 13.1 Å². The molecule has 0 spiro atoms. The summed E-state index contributed by atoms with van der Waals surface area (Å²) in [6.07, 6.45) is 1.16. The van der Waals surface area contributed by atoms with E-state index in [2.05, 4.69) is 32.2 Å². The third-order valence-electron chi connectivity index (χ3n) is 2.43. The molecule has 0 saturated heterocycles. The van der Waals surface area contributed by atoms with Crippen molar-refractivity contribution >= 4 is 0 Å². The van der Waals surface area contributed by atoms with Crippen molar-refractivity contribution in [1.29, 1.82) is 5.26 Å². The molecule has 2 heteroatoms. The van der Waals surface area contributed by atoms with E-state index in [1.807, 2.05) is 13.8 Å². The van der Waals surface area contributed by atoms with Crippen LogP contribution in [0.2, 0.25) is 0 Å². The van der Waals surface area contributed by atoms with Gasteiger partial charge < -0.3 is 5.32 Å². The highest BCUT2D eigenvalue weighted by Crippen LogP contribution is 2.18. The zero-order valence-electron chi connectivity index (χ0n) is 9.57. The van der Waals surface area contributed by atoms with Crippen molar-refractivity contribution in [3.8, 4) is 6.07 Å².